The molecule has 1 aromatic rings. The van der Waals surface area contributed by atoms with Crippen molar-refractivity contribution >= 4 is 41.6 Å². The van der Waals surface area contributed by atoms with E-state index in [0.29, 0.717) is 12.8 Å². The smallest absolute Gasteiger partial charge is 0.262 e. The Morgan fingerprint density at radius 3 is 2.62 bits per heavy atom. The van der Waals surface area contributed by atoms with Gasteiger partial charge in [0.15, 0.2) is 0 Å². The zero-order chi connectivity index (χ0) is 15.8. The summed E-state index contributed by atoms with van der Waals surface area (Å²) >= 11 is 2.91. The maximum Gasteiger partial charge on any atom is 0.262 e. The molecule has 1 amide bonds. The van der Waals surface area contributed by atoms with E-state index in [-0.39, 0.29) is 27.1 Å². The Morgan fingerprint density at radius 1 is 1.48 bits per heavy atom. The molecule has 1 fully saturated rings. The number of hydrogen-bond donors (Lipinski definition) is 1. The molecule has 0 heterocycles. The lowest BCUT2D eigenvalue weighted by atomic mass is 9.89. The number of hydrogen-bond acceptors (Lipinski definition) is 4. The number of carbonyl (C=O) groups excluding carboxylic acids is 1. The van der Waals surface area contributed by atoms with E-state index in [1.807, 2.05) is 0 Å². The first kappa shape index (κ1) is 16.7. The molecule has 0 saturated heterocycles. The molecule has 21 heavy (non-hydrogen) atoms. The molecular formula is C12H12BrClFNO4S. The first-order valence-electron chi connectivity index (χ1n) is 5.99. The average molecular weight is 401 g/mol. The largest absolute Gasteiger partial charge is 0.381 e. The molecule has 9 heteroatoms. The summed E-state index contributed by atoms with van der Waals surface area (Å²) in [5.41, 5.74) is -0.363. The van der Waals surface area contributed by atoms with Gasteiger partial charge < -0.3 is 10.1 Å². The van der Waals surface area contributed by atoms with Gasteiger partial charge in [-0.2, -0.15) is 0 Å². The first-order chi connectivity index (χ1) is 9.72. The first-order valence-corrected chi connectivity index (χ1v) is 9.10. The summed E-state index contributed by atoms with van der Waals surface area (Å²) in [4.78, 5) is 11.7. The van der Waals surface area contributed by atoms with E-state index >= 15 is 0 Å². The normalized spacial score (nSPS) is 21.7. The molecule has 1 saturated carbocycles. The minimum Gasteiger partial charge on any atom is -0.381 e. The SMILES string of the molecule is COC1CC(NC(=O)c2cc(S(=O)(=O)Cl)c(Br)cc2F)C1. The van der Waals surface area contributed by atoms with Crippen LogP contribution in [0.15, 0.2) is 21.5 Å². The Balaban J connectivity index is 2.21. The summed E-state index contributed by atoms with van der Waals surface area (Å²) in [7, 11) is 2.74. The van der Waals surface area contributed by atoms with Gasteiger partial charge in [-0.3, -0.25) is 4.79 Å². The molecule has 0 spiro atoms. The molecule has 1 aromatic carbocycles. The van der Waals surface area contributed by atoms with Gasteiger partial charge >= 0.3 is 0 Å². The van der Waals surface area contributed by atoms with E-state index in [1.165, 1.54) is 0 Å². The standard InChI is InChI=1S/C12H12BrClFNO4S/c1-20-7-2-6(3-7)16-12(17)8-4-11(21(14,18)19)9(13)5-10(8)15/h4-7H,2-3H2,1H3,(H,16,17). The van der Waals surface area contributed by atoms with Crippen molar-refractivity contribution in [2.45, 2.75) is 29.9 Å². The highest BCUT2D eigenvalue weighted by molar-refractivity contribution is 9.10. The van der Waals surface area contributed by atoms with Gasteiger partial charge in [0.25, 0.3) is 15.0 Å². The summed E-state index contributed by atoms with van der Waals surface area (Å²) in [5.74, 6) is -1.51. The predicted molar refractivity (Wildman–Crippen MR) is 78.4 cm³/mol. The van der Waals surface area contributed by atoms with Crippen molar-refractivity contribution in [2.24, 2.45) is 0 Å². The van der Waals surface area contributed by atoms with Crippen LogP contribution in [-0.4, -0.2) is 33.6 Å². The number of amides is 1. The van der Waals surface area contributed by atoms with Crippen molar-refractivity contribution in [3.63, 3.8) is 0 Å². The molecule has 0 bridgehead atoms. The second kappa shape index (κ2) is 6.20. The Labute approximate surface area is 134 Å². The zero-order valence-electron chi connectivity index (χ0n) is 10.9. The Hall–Kier alpha value is -0.700. The molecule has 0 aliphatic heterocycles. The van der Waals surface area contributed by atoms with E-state index in [2.05, 4.69) is 21.2 Å². The molecule has 5 nitrogen and oxygen atoms in total. The predicted octanol–water partition coefficient (Wildman–Crippen LogP) is 2.42. The summed E-state index contributed by atoms with van der Waals surface area (Å²) < 4.78 is 41.6. The third-order valence-corrected chi connectivity index (χ3v) is 5.57. The molecule has 116 valence electrons. The molecule has 1 aliphatic carbocycles. The van der Waals surface area contributed by atoms with Crippen LogP contribution in [0.4, 0.5) is 4.39 Å². The van der Waals surface area contributed by atoms with Gasteiger partial charge in [-0.1, -0.05) is 0 Å². The van der Waals surface area contributed by atoms with Crippen LogP contribution in [0.5, 0.6) is 0 Å². The molecule has 1 aliphatic rings. The van der Waals surface area contributed by atoms with Crippen molar-refractivity contribution in [1.82, 2.24) is 5.32 Å². The molecule has 1 N–H and O–H groups in total. The zero-order valence-corrected chi connectivity index (χ0v) is 14.1. The summed E-state index contributed by atoms with van der Waals surface area (Å²) in [5, 5.41) is 2.62. The molecule has 0 aromatic heterocycles. The number of nitrogens with one attached hydrogen (secondary N) is 1. The topological polar surface area (TPSA) is 72.5 Å². The Morgan fingerprint density at radius 2 is 2.10 bits per heavy atom. The van der Waals surface area contributed by atoms with Gasteiger partial charge in [-0.15, -0.1) is 0 Å². The second-order valence-electron chi connectivity index (χ2n) is 4.70. The lowest BCUT2D eigenvalue weighted by Gasteiger charge is -2.34. The quantitative estimate of drug-likeness (QED) is 0.788. The van der Waals surface area contributed by atoms with Gasteiger partial charge in [0.05, 0.1) is 16.6 Å². The van der Waals surface area contributed by atoms with Crippen molar-refractivity contribution in [3.8, 4) is 0 Å². The van der Waals surface area contributed by atoms with Gasteiger partial charge in [-0.05, 0) is 40.9 Å². The molecule has 0 atom stereocenters. The molecule has 2 rings (SSSR count). The van der Waals surface area contributed by atoms with Crippen LogP contribution in [0.3, 0.4) is 0 Å². The highest BCUT2D eigenvalue weighted by Gasteiger charge is 2.31. The second-order valence-corrected chi connectivity index (χ2v) is 8.09. The van der Waals surface area contributed by atoms with Crippen molar-refractivity contribution in [3.05, 3.63) is 28.0 Å². The maximum absolute atomic E-state index is 13.8. The van der Waals surface area contributed by atoms with Crippen molar-refractivity contribution in [2.75, 3.05) is 7.11 Å². The lowest BCUT2D eigenvalue weighted by molar-refractivity contribution is 0.0175. The highest BCUT2D eigenvalue weighted by Crippen LogP contribution is 2.29. The van der Waals surface area contributed by atoms with E-state index in [4.69, 9.17) is 15.4 Å². The number of carbonyl (C=O) groups is 1. The summed E-state index contributed by atoms with van der Waals surface area (Å²) in [6, 6.07) is 1.72. The minimum atomic E-state index is -4.08. The molecule has 0 unspecified atom stereocenters. The highest BCUT2D eigenvalue weighted by atomic mass is 79.9. The molecule has 0 radical (unpaired) electrons. The third kappa shape index (κ3) is 3.74. The van der Waals surface area contributed by atoms with E-state index in [0.717, 1.165) is 12.1 Å². The fourth-order valence-corrected chi connectivity index (χ4v) is 4.20. The Kier molecular flexibility index (Phi) is 4.92. The van der Waals surface area contributed by atoms with E-state index < -0.39 is 20.8 Å². The van der Waals surface area contributed by atoms with Gasteiger partial charge in [0, 0.05) is 28.3 Å². The molecular weight excluding hydrogens is 389 g/mol. The van der Waals surface area contributed by atoms with Crippen LogP contribution >= 0.6 is 26.6 Å². The Bertz CT molecular complexity index is 676. The third-order valence-electron chi connectivity index (χ3n) is 3.29. The van der Waals surface area contributed by atoms with Crippen LogP contribution in [0.1, 0.15) is 23.2 Å². The number of rotatable bonds is 4. The minimum absolute atomic E-state index is 0.0327. The van der Waals surface area contributed by atoms with Gasteiger partial charge in [0.1, 0.15) is 5.82 Å². The van der Waals surface area contributed by atoms with Gasteiger partial charge in [0.2, 0.25) is 0 Å². The van der Waals surface area contributed by atoms with Crippen LogP contribution in [0, 0.1) is 5.82 Å². The number of benzene rings is 1. The monoisotopic (exact) mass is 399 g/mol. The van der Waals surface area contributed by atoms with Crippen molar-refractivity contribution < 1.29 is 22.3 Å². The van der Waals surface area contributed by atoms with E-state index in [1.54, 1.807) is 7.11 Å². The van der Waals surface area contributed by atoms with E-state index in [9.17, 15) is 17.6 Å². The number of ether oxygens (including phenoxy) is 1. The lowest BCUT2D eigenvalue weighted by Crippen LogP contribution is -2.47. The fraction of sp³-hybridized carbons (Fsp3) is 0.417. The average Bonchev–Trinajstić information content (AvgIpc) is 2.31. The van der Waals surface area contributed by atoms with Crippen LogP contribution < -0.4 is 5.32 Å². The number of halogens is 3. The fourth-order valence-electron chi connectivity index (χ4n) is 2.03. The van der Waals surface area contributed by atoms with Crippen LogP contribution in [-0.2, 0) is 13.8 Å². The van der Waals surface area contributed by atoms with Gasteiger partial charge in [-0.25, -0.2) is 12.8 Å². The maximum atomic E-state index is 13.8. The summed E-state index contributed by atoms with van der Waals surface area (Å²) in [6.45, 7) is 0. The number of methoxy groups -OCH3 is 1. The summed E-state index contributed by atoms with van der Waals surface area (Å²) in [6.07, 6.45) is 1.37. The van der Waals surface area contributed by atoms with Crippen molar-refractivity contribution in [1.29, 1.82) is 0 Å². The van der Waals surface area contributed by atoms with Crippen LogP contribution in [0.25, 0.3) is 0 Å². The van der Waals surface area contributed by atoms with Crippen LogP contribution in [0.2, 0.25) is 0 Å².